The van der Waals surface area contributed by atoms with E-state index in [4.69, 9.17) is 0 Å². The molecule has 118 valence electrons. The highest BCUT2D eigenvalue weighted by atomic mass is 32.2. The molecule has 7 heteroatoms. The van der Waals surface area contributed by atoms with Crippen molar-refractivity contribution in [2.24, 2.45) is 13.0 Å². The number of nitrogens with zero attached hydrogens (tertiary/aromatic N) is 5. The first kappa shape index (κ1) is 16.5. The van der Waals surface area contributed by atoms with E-state index in [1.807, 2.05) is 37.6 Å². The van der Waals surface area contributed by atoms with Gasteiger partial charge in [0.25, 0.3) is 0 Å². The van der Waals surface area contributed by atoms with Gasteiger partial charge in [0.1, 0.15) is 0 Å². The minimum Gasteiger partial charge on any atom is -0.348 e. The van der Waals surface area contributed by atoms with Crippen LogP contribution in [0.15, 0.2) is 29.7 Å². The number of carbonyl (C=O) groups is 1. The van der Waals surface area contributed by atoms with Gasteiger partial charge in [0.15, 0.2) is 11.0 Å². The van der Waals surface area contributed by atoms with Crippen molar-refractivity contribution in [1.29, 1.82) is 0 Å². The van der Waals surface area contributed by atoms with Gasteiger partial charge in [-0.25, -0.2) is 0 Å². The molecule has 22 heavy (non-hydrogen) atoms. The molecule has 0 bridgehead atoms. The summed E-state index contributed by atoms with van der Waals surface area (Å²) in [5, 5.41) is 9.01. The highest BCUT2D eigenvalue weighted by molar-refractivity contribution is 8.00. The Kier molecular flexibility index (Phi) is 5.18. The Balaban J connectivity index is 2.27. The van der Waals surface area contributed by atoms with Gasteiger partial charge in [-0.15, -0.1) is 10.2 Å². The third-order valence-corrected chi connectivity index (χ3v) is 4.84. The Labute approximate surface area is 134 Å². The summed E-state index contributed by atoms with van der Waals surface area (Å²) in [5.74, 6) is 1.04. The molecule has 6 nitrogen and oxygen atoms in total. The maximum absolute atomic E-state index is 12.3. The summed E-state index contributed by atoms with van der Waals surface area (Å²) < 4.78 is 1.90. The van der Waals surface area contributed by atoms with Crippen LogP contribution in [0.2, 0.25) is 0 Å². The predicted molar refractivity (Wildman–Crippen MR) is 87.4 cm³/mol. The fraction of sp³-hybridized carbons (Fsp3) is 0.467. The number of rotatable bonds is 5. The van der Waals surface area contributed by atoms with E-state index < -0.39 is 0 Å². The van der Waals surface area contributed by atoms with Crippen LogP contribution in [0.4, 0.5) is 0 Å². The Morgan fingerprint density at radius 3 is 2.59 bits per heavy atom. The Bertz CT molecular complexity index is 639. The molecule has 0 N–H and O–H groups in total. The lowest BCUT2D eigenvalue weighted by atomic mass is 10.1. The topological polar surface area (TPSA) is 63.9 Å². The second-order valence-corrected chi connectivity index (χ2v) is 6.73. The number of thioether (sulfide) groups is 1. The van der Waals surface area contributed by atoms with Crippen LogP contribution in [-0.2, 0) is 11.8 Å². The van der Waals surface area contributed by atoms with Crippen LogP contribution in [-0.4, -0.2) is 49.9 Å². The largest absolute Gasteiger partial charge is 0.348 e. The van der Waals surface area contributed by atoms with E-state index in [1.54, 1.807) is 31.4 Å². The first-order valence-electron chi connectivity index (χ1n) is 7.09. The van der Waals surface area contributed by atoms with Gasteiger partial charge in [0.05, 0.1) is 5.25 Å². The van der Waals surface area contributed by atoms with E-state index in [-0.39, 0.29) is 17.1 Å². The van der Waals surface area contributed by atoms with E-state index in [0.717, 1.165) is 16.5 Å². The molecule has 0 aliphatic rings. The standard InChI is InChI=1S/C15H21N5OS/c1-10(2)12(14(21)19(3)4)22-15-18-17-13(20(15)5)11-7-6-8-16-9-11/h6-10,12H,1-5H3/t12-/m0/s1. The van der Waals surface area contributed by atoms with Gasteiger partial charge < -0.3 is 9.47 Å². The zero-order valence-corrected chi connectivity index (χ0v) is 14.3. The minimum atomic E-state index is -0.181. The molecule has 0 aliphatic carbocycles. The van der Waals surface area contributed by atoms with Crippen LogP contribution < -0.4 is 0 Å². The van der Waals surface area contributed by atoms with E-state index >= 15 is 0 Å². The van der Waals surface area contributed by atoms with Gasteiger partial charge in [-0.3, -0.25) is 9.78 Å². The van der Waals surface area contributed by atoms with Crippen molar-refractivity contribution in [1.82, 2.24) is 24.6 Å². The first-order chi connectivity index (χ1) is 10.4. The summed E-state index contributed by atoms with van der Waals surface area (Å²) >= 11 is 1.45. The normalized spacial score (nSPS) is 12.5. The lowest BCUT2D eigenvalue weighted by Gasteiger charge is -2.22. The maximum Gasteiger partial charge on any atom is 0.235 e. The fourth-order valence-corrected chi connectivity index (χ4v) is 3.15. The molecule has 2 aromatic heterocycles. The van der Waals surface area contributed by atoms with Crippen molar-refractivity contribution in [3.05, 3.63) is 24.5 Å². The second kappa shape index (κ2) is 6.91. The molecule has 1 amide bonds. The third kappa shape index (κ3) is 3.47. The molecule has 0 radical (unpaired) electrons. The fourth-order valence-electron chi connectivity index (χ4n) is 2.00. The molecule has 0 aromatic carbocycles. The van der Waals surface area contributed by atoms with Crippen molar-refractivity contribution in [3.8, 4) is 11.4 Å². The third-order valence-electron chi connectivity index (χ3n) is 3.28. The average molecular weight is 319 g/mol. The molecule has 0 saturated carbocycles. The summed E-state index contributed by atoms with van der Waals surface area (Å²) in [4.78, 5) is 18.0. The summed E-state index contributed by atoms with van der Waals surface area (Å²) in [7, 11) is 5.45. The Morgan fingerprint density at radius 1 is 1.32 bits per heavy atom. The molecular weight excluding hydrogens is 298 g/mol. The number of pyridine rings is 1. The van der Waals surface area contributed by atoms with Crippen LogP contribution in [0.3, 0.4) is 0 Å². The Hall–Kier alpha value is -1.89. The summed E-state index contributed by atoms with van der Waals surface area (Å²) in [6.07, 6.45) is 3.48. The van der Waals surface area contributed by atoms with Crippen molar-refractivity contribution >= 4 is 17.7 Å². The monoisotopic (exact) mass is 319 g/mol. The van der Waals surface area contributed by atoms with Crippen LogP contribution in [0, 0.1) is 5.92 Å². The smallest absolute Gasteiger partial charge is 0.235 e. The van der Waals surface area contributed by atoms with E-state index in [0.29, 0.717) is 0 Å². The van der Waals surface area contributed by atoms with Gasteiger partial charge in [-0.1, -0.05) is 25.6 Å². The number of amides is 1. The summed E-state index contributed by atoms with van der Waals surface area (Å²) in [6.45, 7) is 4.08. The van der Waals surface area contributed by atoms with E-state index in [9.17, 15) is 4.79 Å². The summed E-state index contributed by atoms with van der Waals surface area (Å²) in [6, 6.07) is 3.81. The predicted octanol–water partition coefficient (Wildman–Crippen LogP) is 2.08. The number of hydrogen-bond donors (Lipinski definition) is 0. The summed E-state index contributed by atoms with van der Waals surface area (Å²) in [5.41, 5.74) is 0.907. The molecular formula is C15H21N5OS. The highest BCUT2D eigenvalue weighted by Gasteiger charge is 2.27. The molecule has 0 fully saturated rings. The molecule has 0 aliphatic heterocycles. The van der Waals surface area contributed by atoms with Crippen molar-refractivity contribution in [2.75, 3.05) is 14.1 Å². The van der Waals surface area contributed by atoms with Gasteiger partial charge in [0, 0.05) is 39.1 Å². The molecule has 2 rings (SSSR count). The number of hydrogen-bond acceptors (Lipinski definition) is 5. The zero-order valence-electron chi connectivity index (χ0n) is 13.5. The Morgan fingerprint density at radius 2 is 2.05 bits per heavy atom. The van der Waals surface area contributed by atoms with E-state index in [1.165, 1.54) is 11.8 Å². The number of aromatic nitrogens is 4. The van der Waals surface area contributed by atoms with E-state index in [2.05, 4.69) is 15.2 Å². The molecule has 0 unspecified atom stereocenters. The lowest BCUT2D eigenvalue weighted by molar-refractivity contribution is -0.128. The minimum absolute atomic E-state index is 0.0888. The van der Waals surface area contributed by atoms with Gasteiger partial charge >= 0.3 is 0 Å². The zero-order chi connectivity index (χ0) is 16.3. The van der Waals surface area contributed by atoms with Gasteiger partial charge in [-0.2, -0.15) is 0 Å². The lowest BCUT2D eigenvalue weighted by Crippen LogP contribution is -2.35. The van der Waals surface area contributed by atoms with Gasteiger partial charge in [-0.05, 0) is 18.1 Å². The molecule has 0 saturated heterocycles. The quantitative estimate of drug-likeness (QED) is 0.790. The van der Waals surface area contributed by atoms with Crippen LogP contribution in [0.5, 0.6) is 0 Å². The first-order valence-corrected chi connectivity index (χ1v) is 7.97. The molecule has 2 heterocycles. The van der Waals surface area contributed by atoms with Crippen molar-refractivity contribution in [2.45, 2.75) is 24.3 Å². The van der Waals surface area contributed by atoms with Crippen LogP contribution in [0.25, 0.3) is 11.4 Å². The van der Waals surface area contributed by atoms with Crippen molar-refractivity contribution < 1.29 is 4.79 Å². The highest BCUT2D eigenvalue weighted by Crippen LogP contribution is 2.29. The second-order valence-electron chi connectivity index (χ2n) is 5.62. The average Bonchev–Trinajstić information content (AvgIpc) is 2.85. The SMILES string of the molecule is CC(C)[C@H](Sc1nnc(-c2cccnc2)n1C)C(=O)N(C)C. The van der Waals surface area contributed by atoms with Crippen LogP contribution in [0.1, 0.15) is 13.8 Å². The number of carbonyl (C=O) groups excluding carboxylic acids is 1. The van der Waals surface area contributed by atoms with Crippen molar-refractivity contribution in [3.63, 3.8) is 0 Å². The molecule has 1 atom stereocenters. The molecule has 2 aromatic rings. The van der Waals surface area contributed by atoms with Gasteiger partial charge in [0.2, 0.25) is 5.91 Å². The maximum atomic E-state index is 12.3. The van der Waals surface area contributed by atoms with Crippen LogP contribution >= 0.6 is 11.8 Å². The molecule has 0 spiro atoms.